The lowest BCUT2D eigenvalue weighted by molar-refractivity contribution is 0.0106. The predicted octanol–water partition coefficient (Wildman–Crippen LogP) is 3.93. The van der Waals surface area contributed by atoms with E-state index in [4.69, 9.17) is 29.7 Å². The van der Waals surface area contributed by atoms with Gasteiger partial charge in [-0.1, -0.05) is 18.2 Å². The van der Waals surface area contributed by atoms with E-state index in [0.717, 1.165) is 73.9 Å². The summed E-state index contributed by atoms with van der Waals surface area (Å²) in [4.78, 5) is 15.8. The Hall–Kier alpha value is -3.67. The van der Waals surface area contributed by atoms with Crippen molar-refractivity contribution in [1.29, 1.82) is 0 Å². The molecule has 10 heteroatoms. The van der Waals surface area contributed by atoms with Gasteiger partial charge in [0.05, 0.1) is 50.7 Å². The van der Waals surface area contributed by atoms with E-state index in [-0.39, 0.29) is 0 Å². The van der Waals surface area contributed by atoms with Crippen LogP contribution in [0.1, 0.15) is 11.1 Å². The van der Waals surface area contributed by atoms with Gasteiger partial charge in [0.2, 0.25) is 0 Å². The first kappa shape index (κ1) is 31.3. The number of H-pyrrole nitrogens is 1. The van der Waals surface area contributed by atoms with Crippen LogP contribution >= 0.6 is 0 Å². The number of benzene rings is 3. The Kier molecular flexibility index (Phi) is 10.8. The summed E-state index contributed by atoms with van der Waals surface area (Å²) >= 11 is 0. The second-order valence-corrected chi connectivity index (χ2v) is 11.7. The number of nitrogens with zero attached hydrogens (tertiary/aromatic N) is 4. The van der Waals surface area contributed by atoms with Crippen molar-refractivity contribution in [3.8, 4) is 17.1 Å². The maximum atomic E-state index is 5.96. The molecule has 3 N–H and O–H groups in total. The number of ether oxygens (including phenoxy) is 4. The lowest BCUT2D eigenvalue weighted by Crippen LogP contribution is -2.44. The third-order valence-corrected chi connectivity index (χ3v) is 8.51. The van der Waals surface area contributed by atoms with Crippen molar-refractivity contribution < 1.29 is 18.9 Å². The summed E-state index contributed by atoms with van der Waals surface area (Å²) in [5.74, 6) is 1.80. The van der Waals surface area contributed by atoms with E-state index < -0.39 is 0 Å². The number of fused-ring (bicyclic) bond motifs is 2. The lowest BCUT2D eigenvalue weighted by Gasteiger charge is -2.34. The summed E-state index contributed by atoms with van der Waals surface area (Å²) in [5.41, 5.74) is 13.7. The molecule has 10 nitrogen and oxygen atoms in total. The standard InChI is InChI=1S/C35H46N6O4/c1-39-12-14-40(15-13-39)31-6-8-33-34(25-31)38-35(37-33)28-3-2-4-30(23-28)41-11-9-27-24-32(7-5-29(27)26-41)45-22-21-44-20-19-43-18-17-42-16-10-36/h2-8,23-25H,9-22,26,36H2,1H3,(H,37,38). The molecule has 0 amide bonds. The molecule has 0 saturated carbocycles. The molecule has 6 rings (SSSR count). The quantitative estimate of drug-likeness (QED) is 0.193. The molecule has 3 aromatic carbocycles. The Labute approximate surface area is 266 Å². The molecule has 0 atom stereocenters. The molecule has 1 fully saturated rings. The van der Waals surface area contributed by atoms with Gasteiger partial charge >= 0.3 is 0 Å². The number of aromatic amines is 1. The summed E-state index contributed by atoms with van der Waals surface area (Å²) in [5, 5.41) is 0. The number of anilines is 2. The van der Waals surface area contributed by atoms with E-state index in [1.54, 1.807) is 0 Å². The molecule has 2 aliphatic heterocycles. The van der Waals surface area contributed by atoms with Crippen LogP contribution in [0, 0.1) is 0 Å². The molecule has 45 heavy (non-hydrogen) atoms. The highest BCUT2D eigenvalue weighted by atomic mass is 16.6. The molecule has 0 spiro atoms. The fourth-order valence-electron chi connectivity index (χ4n) is 5.93. The number of hydrogen-bond donors (Lipinski definition) is 2. The minimum atomic E-state index is 0.510. The van der Waals surface area contributed by atoms with Gasteiger partial charge < -0.3 is 44.4 Å². The Balaban J connectivity index is 0.997. The summed E-state index contributed by atoms with van der Waals surface area (Å²) in [6, 6.07) is 21.7. The van der Waals surface area contributed by atoms with Gasteiger partial charge in [-0.05, 0) is 67.1 Å². The van der Waals surface area contributed by atoms with Crippen LogP contribution in [0.5, 0.6) is 5.75 Å². The van der Waals surface area contributed by atoms with Crippen molar-refractivity contribution in [2.24, 2.45) is 5.73 Å². The monoisotopic (exact) mass is 614 g/mol. The van der Waals surface area contributed by atoms with E-state index in [9.17, 15) is 0 Å². The zero-order valence-corrected chi connectivity index (χ0v) is 26.4. The summed E-state index contributed by atoms with van der Waals surface area (Å²) < 4.78 is 22.3. The van der Waals surface area contributed by atoms with E-state index in [1.807, 2.05) is 0 Å². The molecule has 0 unspecified atom stereocenters. The van der Waals surface area contributed by atoms with Gasteiger partial charge in [-0.3, -0.25) is 0 Å². The number of piperazine rings is 1. The molecule has 0 radical (unpaired) electrons. The number of rotatable bonds is 15. The van der Waals surface area contributed by atoms with Crippen LogP contribution in [0.2, 0.25) is 0 Å². The minimum Gasteiger partial charge on any atom is -0.491 e. The summed E-state index contributed by atoms with van der Waals surface area (Å²) in [6.45, 7) is 10.4. The van der Waals surface area contributed by atoms with E-state index in [1.165, 1.54) is 22.5 Å². The summed E-state index contributed by atoms with van der Waals surface area (Å²) in [6.07, 6.45) is 0.972. The predicted molar refractivity (Wildman–Crippen MR) is 179 cm³/mol. The molecular weight excluding hydrogens is 568 g/mol. The second-order valence-electron chi connectivity index (χ2n) is 11.7. The third kappa shape index (κ3) is 8.33. The molecule has 3 heterocycles. The normalized spacial score (nSPS) is 15.5. The SMILES string of the molecule is CN1CCN(c2ccc3nc(-c4cccc(N5CCc6cc(OCCOCCOCCOCCN)ccc6C5)c4)[nH]c3c2)CC1. The van der Waals surface area contributed by atoms with Crippen LogP contribution in [-0.4, -0.2) is 107 Å². The first-order valence-electron chi connectivity index (χ1n) is 16.1. The van der Waals surface area contributed by atoms with Gasteiger partial charge in [-0.25, -0.2) is 4.98 Å². The highest BCUT2D eigenvalue weighted by Crippen LogP contribution is 2.31. The van der Waals surface area contributed by atoms with Crippen LogP contribution in [0.25, 0.3) is 22.4 Å². The van der Waals surface area contributed by atoms with Crippen molar-refractivity contribution >= 4 is 22.4 Å². The Morgan fingerprint density at radius 3 is 2.29 bits per heavy atom. The van der Waals surface area contributed by atoms with Gasteiger partial charge in [0.1, 0.15) is 18.2 Å². The van der Waals surface area contributed by atoms with Crippen LogP contribution in [0.4, 0.5) is 11.4 Å². The maximum Gasteiger partial charge on any atom is 0.138 e. The zero-order valence-electron chi connectivity index (χ0n) is 26.4. The minimum absolute atomic E-state index is 0.510. The average molecular weight is 615 g/mol. The van der Waals surface area contributed by atoms with Crippen molar-refractivity contribution in [2.75, 3.05) is 102 Å². The highest BCUT2D eigenvalue weighted by Gasteiger charge is 2.19. The van der Waals surface area contributed by atoms with Gasteiger partial charge in [0.25, 0.3) is 0 Å². The fraction of sp³-hybridized carbons (Fsp3) is 0.457. The van der Waals surface area contributed by atoms with Crippen LogP contribution in [0.15, 0.2) is 60.7 Å². The fourth-order valence-corrected chi connectivity index (χ4v) is 5.93. The Morgan fingerprint density at radius 2 is 1.49 bits per heavy atom. The smallest absolute Gasteiger partial charge is 0.138 e. The van der Waals surface area contributed by atoms with Crippen molar-refractivity contribution in [3.63, 3.8) is 0 Å². The second kappa shape index (κ2) is 15.6. The topological polar surface area (TPSA) is 101 Å². The first-order valence-corrected chi connectivity index (χ1v) is 16.1. The number of nitrogens with two attached hydrogens (primary N) is 1. The lowest BCUT2D eigenvalue weighted by atomic mass is 9.98. The van der Waals surface area contributed by atoms with E-state index in [2.05, 4.69) is 87.4 Å². The van der Waals surface area contributed by atoms with Crippen LogP contribution < -0.4 is 20.3 Å². The van der Waals surface area contributed by atoms with Gasteiger partial charge in [-0.2, -0.15) is 0 Å². The zero-order chi connectivity index (χ0) is 30.8. The van der Waals surface area contributed by atoms with Crippen LogP contribution in [0.3, 0.4) is 0 Å². The first-order chi connectivity index (χ1) is 22.2. The molecule has 240 valence electrons. The van der Waals surface area contributed by atoms with Gasteiger partial charge in [0, 0.05) is 62.8 Å². The highest BCUT2D eigenvalue weighted by molar-refractivity contribution is 5.83. The average Bonchev–Trinajstić information content (AvgIpc) is 3.51. The van der Waals surface area contributed by atoms with Gasteiger partial charge in [0.15, 0.2) is 0 Å². The Morgan fingerprint density at radius 1 is 0.733 bits per heavy atom. The van der Waals surface area contributed by atoms with Crippen molar-refractivity contribution in [3.05, 3.63) is 71.8 Å². The molecule has 1 aromatic heterocycles. The molecule has 4 aromatic rings. The van der Waals surface area contributed by atoms with Crippen LogP contribution in [-0.2, 0) is 27.2 Å². The van der Waals surface area contributed by atoms with E-state index in [0.29, 0.717) is 52.8 Å². The number of aromatic nitrogens is 2. The van der Waals surface area contributed by atoms with E-state index >= 15 is 0 Å². The number of likely N-dealkylation sites (N-methyl/N-ethyl adjacent to an activating group) is 1. The molecule has 0 bridgehead atoms. The maximum absolute atomic E-state index is 5.96. The molecule has 2 aliphatic rings. The molecule has 0 aliphatic carbocycles. The number of hydrogen-bond acceptors (Lipinski definition) is 9. The van der Waals surface area contributed by atoms with Gasteiger partial charge in [-0.15, -0.1) is 0 Å². The molecule has 1 saturated heterocycles. The van der Waals surface area contributed by atoms with Crippen molar-refractivity contribution in [1.82, 2.24) is 14.9 Å². The largest absolute Gasteiger partial charge is 0.491 e. The summed E-state index contributed by atoms with van der Waals surface area (Å²) in [7, 11) is 2.19. The number of nitrogens with one attached hydrogen (secondary N) is 1. The molecular formula is C35H46N6O4. The number of imidazole rings is 1. The Bertz CT molecular complexity index is 1520. The third-order valence-electron chi connectivity index (χ3n) is 8.51. The van der Waals surface area contributed by atoms with Crippen molar-refractivity contribution in [2.45, 2.75) is 13.0 Å².